The van der Waals surface area contributed by atoms with Gasteiger partial charge in [-0.1, -0.05) is 19.3 Å². The molecule has 2 rings (SSSR count). The molecular weight excluding hydrogens is 252 g/mol. The van der Waals surface area contributed by atoms with E-state index in [-0.39, 0.29) is 6.09 Å². The minimum atomic E-state index is -0.411. The summed E-state index contributed by atoms with van der Waals surface area (Å²) >= 11 is 0. The monoisotopic (exact) mass is 282 g/mol. The van der Waals surface area contributed by atoms with Gasteiger partial charge in [-0.25, -0.2) is 4.79 Å². The second kappa shape index (κ2) is 6.33. The van der Waals surface area contributed by atoms with Gasteiger partial charge < -0.3 is 15.4 Å². The molecule has 4 heteroatoms. The molecule has 0 bridgehead atoms. The van der Waals surface area contributed by atoms with Crippen molar-refractivity contribution >= 4 is 6.09 Å². The van der Waals surface area contributed by atoms with Crippen LogP contribution in [0.25, 0.3) is 0 Å². The van der Waals surface area contributed by atoms with Gasteiger partial charge in [0, 0.05) is 13.1 Å². The highest BCUT2D eigenvalue weighted by molar-refractivity contribution is 5.68. The Morgan fingerprint density at radius 3 is 2.50 bits per heavy atom. The second-order valence-electron chi connectivity index (χ2n) is 7.41. The summed E-state index contributed by atoms with van der Waals surface area (Å²) in [7, 11) is 0. The summed E-state index contributed by atoms with van der Waals surface area (Å²) in [6, 6.07) is 0. The first-order valence-corrected chi connectivity index (χ1v) is 8.08. The summed E-state index contributed by atoms with van der Waals surface area (Å²) in [5, 5.41) is 0. The molecule has 1 saturated heterocycles. The smallest absolute Gasteiger partial charge is 0.410 e. The van der Waals surface area contributed by atoms with E-state index in [1.165, 1.54) is 19.3 Å². The first-order valence-electron chi connectivity index (χ1n) is 8.08. The van der Waals surface area contributed by atoms with Crippen molar-refractivity contribution in [2.24, 2.45) is 23.5 Å². The van der Waals surface area contributed by atoms with Crippen molar-refractivity contribution in [3.63, 3.8) is 0 Å². The summed E-state index contributed by atoms with van der Waals surface area (Å²) in [4.78, 5) is 14.1. The van der Waals surface area contributed by atoms with Gasteiger partial charge in [0.1, 0.15) is 5.60 Å². The Balaban J connectivity index is 1.93. The molecule has 116 valence electrons. The van der Waals surface area contributed by atoms with Crippen LogP contribution in [0.5, 0.6) is 0 Å². The maximum absolute atomic E-state index is 12.2. The molecule has 0 radical (unpaired) electrons. The fourth-order valence-corrected chi connectivity index (χ4v) is 3.55. The van der Waals surface area contributed by atoms with E-state index < -0.39 is 5.60 Å². The van der Waals surface area contributed by atoms with Crippen LogP contribution in [0, 0.1) is 17.8 Å². The molecule has 2 fully saturated rings. The summed E-state index contributed by atoms with van der Waals surface area (Å²) in [5.74, 6) is 2.21. The number of hydrogen-bond donors (Lipinski definition) is 1. The lowest BCUT2D eigenvalue weighted by Crippen LogP contribution is -2.48. The van der Waals surface area contributed by atoms with Crippen LogP contribution in [0.1, 0.15) is 52.9 Å². The van der Waals surface area contributed by atoms with Crippen LogP contribution in [0.15, 0.2) is 0 Å². The number of nitrogens with two attached hydrogens (primary N) is 1. The van der Waals surface area contributed by atoms with Crippen LogP contribution in [0.3, 0.4) is 0 Å². The van der Waals surface area contributed by atoms with Gasteiger partial charge in [-0.05, 0) is 57.9 Å². The van der Waals surface area contributed by atoms with E-state index in [0.717, 1.165) is 44.3 Å². The topological polar surface area (TPSA) is 55.6 Å². The molecule has 0 aromatic carbocycles. The molecule has 1 heterocycles. The van der Waals surface area contributed by atoms with Crippen molar-refractivity contribution in [3.05, 3.63) is 0 Å². The zero-order valence-electron chi connectivity index (χ0n) is 13.2. The van der Waals surface area contributed by atoms with E-state index in [9.17, 15) is 4.79 Å². The van der Waals surface area contributed by atoms with Crippen molar-refractivity contribution < 1.29 is 9.53 Å². The maximum Gasteiger partial charge on any atom is 0.410 e. The summed E-state index contributed by atoms with van der Waals surface area (Å²) < 4.78 is 5.50. The molecule has 2 aliphatic rings. The van der Waals surface area contributed by atoms with Gasteiger partial charge in [-0.3, -0.25) is 0 Å². The third kappa shape index (κ3) is 3.87. The van der Waals surface area contributed by atoms with Gasteiger partial charge in [0.05, 0.1) is 0 Å². The molecule has 1 aliphatic carbocycles. The third-order valence-corrected chi connectivity index (χ3v) is 4.74. The average Bonchev–Trinajstić information content (AvgIpc) is 2.27. The summed E-state index contributed by atoms with van der Waals surface area (Å²) in [5.41, 5.74) is 5.36. The largest absolute Gasteiger partial charge is 0.444 e. The van der Waals surface area contributed by atoms with Gasteiger partial charge in [-0.15, -0.1) is 0 Å². The molecule has 2 atom stereocenters. The van der Waals surface area contributed by atoms with Crippen molar-refractivity contribution in [2.75, 3.05) is 19.6 Å². The number of nitrogens with zero attached hydrogens (tertiary/aromatic N) is 1. The molecule has 1 amide bonds. The van der Waals surface area contributed by atoms with E-state index >= 15 is 0 Å². The van der Waals surface area contributed by atoms with Crippen LogP contribution >= 0.6 is 0 Å². The number of amides is 1. The van der Waals surface area contributed by atoms with Crippen LogP contribution in [0.2, 0.25) is 0 Å². The van der Waals surface area contributed by atoms with Gasteiger partial charge in [0.25, 0.3) is 0 Å². The van der Waals surface area contributed by atoms with Gasteiger partial charge in [0.2, 0.25) is 0 Å². The van der Waals surface area contributed by atoms with E-state index in [2.05, 4.69) is 0 Å². The summed E-state index contributed by atoms with van der Waals surface area (Å²) in [6.45, 7) is 8.15. The number of rotatable bonds is 3. The Bertz CT molecular complexity index is 334. The standard InChI is InChI=1S/C16H30N2O2/c1-16(2,3)20-15(19)18-10-8-14(12-5-4-6-12)13(11-18)7-9-17/h12-14H,4-11,17H2,1-3H3. The highest BCUT2D eigenvalue weighted by Gasteiger charge is 2.38. The normalized spacial score (nSPS) is 28.1. The van der Waals surface area contributed by atoms with E-state index in [4.69, 9.17) is 10.5 Å². The van der Waals surface area contributed by atoms with Crippen molar-refractivity contribution in [1.82, 2.24) is 4.90 Å². The van der Waals surface area contributed by atoms with E-state index in [1.54, 1.807) is 0 Å². The Kier molecular flexibility index (Phi) is 4.95. The SMILES string of the molecule is CC(C)(C)OC(=O)N1CCC(C2CCC2)C(CCN)C1. The molecular formula is C16H30N2O2. The molecule has 0 aromatic rings. The Morgan fingerprint density at radius 1 is 1.30 bits per heavy atom. The maximum atomic E-state index is 12.2. The number of carbonyl (C=O) groups excluding carboxylic acids is 1. The van der Waals surface area contributed by atoms with Gasteiger partial charge in [-0.2, -0.15) is 0 Å². The molecule has 1 aliphatic heterocycles. The molecule has 20 heavy (non-hydrogen) atoms. The highest BCUT2D eigenvalue weighted by atomic mass is 16.6. The van der Waals surface area contributed by atoms with Crippen molar-refractivity contribution in [3.8, 4) is 0 Å². The lowest BCUT2D eigenvalue weighted by Gasteiger charge is -2.45. The molecule has 2 unspecified atom stereocenters. The predicted molar refractivity (Wildman–Crippen MR) is 80.4 cm³/mol. The Labute approximate surface area is 123 Å². The molecule has 4 nitrogen and oxygen atoms in total. The van der Waals surface area contributed by atoms with Crippen molar-refractivity contribution in [1.29, 1.82) is 0 Å². The minimum Gasteiger partial charge on any atom is -0.444 e. The number of carbonyl (C=O) groups is 1. The zero-order chi connectivity index (χ0) is 14.8. The minimum absolute atomic E-state index is 0.161. The zero-order valence-corrected chi connectivity index (χ0v) is 13.2. The fourth-order valence-electron chi connectivity index (χ4n) is 3.55. The second-order valence-corrected chi connectivity index (χ2v) is 7.41. The molecule has 1 saturated carbocycles. The fraction of sp³-hybridized carbons (Fsp3) is 0.938. The molecule has 2 N–H and O–H groups in total. The first kappa shape index (κ1) is 15.6. The quantitative estimate of drug-likeness (QED) is 0.865. The van der Waals surface area contributed by atoms with Crippen molar-refractivity contribution in [2.45, 2.75) is 58.5 Å². The third-order valence-electron chi connectivity index (χ3n) is 4.74. The van der Waals surface area contributed by atoms with E-state index in [1.807, 2.05) is 25.7 Å². The lowest BCUT2D eigenvalue weighted by atomic mass is 9.67. The average molecular weight is 282 g/mol. The summed E-state index contributed by atoms with van der Waals surface area (Å²) in [6.07, 6.45) is 6.11. The predicted octanol–water partition coefficient (Wildman–Crippen LogP) is 3.01. The first-order chi connectivity index (χ1) is 9.40. The number of hydrogen-bond acceptors (Lipinski definition) is 3. The number of ether oxygens (including phenoxy) is 1. The molecule has 0 spiro atoms. The van der Waals surface area contributed by atoms with Crippen LogP contribution in [-0.2, 0) is 4.74 Å². The van der Waals surface area contributed by atoms with Gasteiger partial charge >= 0.3 is 6.09 Å². The van der Waals surface area contributed by atoms with Crippen LogP contribution in [-0.4, -0.2) is 36.2 Å². The molecule has 0 aromatic heterocycles. The van der Waals surface area contributed by atoms with Gasteiger partial charge in [0.15, 0.2) is 0 Å². The van der Waals surface area contributed by atoms with Crippen LogP contribution in [0.4, 0.5) is 4.79 Å². The lowest BCUT2D eigenvalue weighted by molar-refractivity contribution is -0.00194. The Hall–Kier alpha value is -0.770. The van der Waals surface area contributed by atoms with E-state index in [0.29, 0.717) is 5.92 Å². The number of piperidine rings is 1. The Morgan fingerprint density at radius 2 is 2.00 bits per heavy atom. The van der Waals surface area contributed by atoms with Crippen LogP contribution < -0.4 is 5.73 Å². The highest BCUT2D eigenvalue weighted by Crippen LogP contribution is 2.42. The number of likely N-dealkylation sites (tertiary alicyclic amines) is 1.